The molecular weight excluding hydrogens is 445 g/mol. The van der Waals surface area contributed by atoms with Gasteiger partial charge in [0.1, 0.15) is 0 Å². The van der Waals surface area contributed by atoms with Gasteiger partial charge in [-0.3, -0.25) is 14.7 Å². The molecule has 2 saturated heterocycles. The van der Waals surface area contributed by atoms with Crippen molar-refractivity contribution in [1.82, 2.24) is 15.2 Å². The number of carbonyl (C=O) groups is 1. The van der Waals surface area contributed by atoms with Crippen LogP contribution in [0.5, 0.6) is 0 Å². The first-order valence-electron chi connectivity index (χ1n) is 11.9. The highest BCUT2D eigenvalue weighted by Crippen LogP contribution is 2.38. The molecule has 3 heterocycles. The van der Waals surface area contributed by atoms with Crippen molar-refractivity contribution in [1.29, 1.82) is 0 Å². The van der Waals surface area contributed by atoms with E-state index in [0.717, 1.165) is 44.1 Å². The van der Waals surface area contributed by atoms with Crippen LogP contribution in [0, 0.1) is 5.92 Å². The van der Waals surface area contributed by atoms with Gasteiger partial charge in [-0.2, -0.15) is 13.2 Å². The number of carbonyl (C=O) groups excluding carboxylic acids is 1. The Balaban J connectivity index is 1.49. The molecular formula is C25H33F3N4O2. The first-order chi connectivity index (χ1) is 16.2. The fourth-order valence-electron chi connectivity index (χ4n) is 5.30. The lowest BCUT2D eigenvalue weighted by atomic mass is 9.94. The number of alkyl halides is 3. The third-order valence-corrected chi connectivity index (χ3v) is 7.14. The average Bonchev–Trinajstić information content (AvgIpc) is 2.81. The second-order valence-electron chi connectivity index (χ2n) is 9.63. The van der Waals surface area contributed by atoms with E-state index in [-0.39, 0.29) is 35.5 Å². The number of hydrogen-bond acceptors (Lipinski definition) is 5. The standard InChI is InChI=1S/C25H33F3N4O2/c1-16-13-18(30-24(33)17(2)31-11-8-19(34-3)9-12-31)15-32(14-16)22-7-6-21(25(26,27)28)23-20(22)5-4-10-29-23/h4-7,10,16-19H,8-9,11-15H2,1-3H3,(H,30,33)/t16-,17?,18+/m0/s1. The maximum atomic E-state index is 13.5. The molecule has 0 bridgehead atoms. The van der Waals surface area contributed by atoms with E-state index in [4.69, 9.17) is 4.74 Å². The van der Waals surface area contributed by atoms with Crippen molar-refractivity contribution in [3.8, 4) is 0 Å². The van der Waals surface area contributed by atoms with Crippen molar-refractivity contribution in [2.24, 2.45) is 5.92 Å². The molecule has 34 heavy (non-hydrogen) atoms. The molecule has 0 spiro atoms. The zero-order valence-electron chi connectivity index (χ0n) is 19.9. The van der Waals surface area contributed by atoms with Gasteiger partial charge >= 0.3 is 6.18 Å². The third kappa shape index (κ3) is 5.30. The van der Waals surface area contributed by atoms with Crippen molar-refractivity contribution in [2.75, 3.05) is 38.2 Å². The normalized spacial score (nSPS) is 23.8. The van der Waals surface area contributed by atoms with E-state index < -0.39 is 11.7 Å². The van der Waals surface area contributed by atoms with Crippen molar-refractivity contribution < 1.29 is 22.7 Å². The number of nitrogens with zero attached hydrogens (tertiary/aromatic N) is 3. The smallest absolute Gasteiger partial charge is 0.381 e. The van der Waals surface area contributed by atoms with Gasteiger partial charge in [-0.25, -0.2) is 0 Å². The number of piperidine rings is 2. The summed E-state index contributed by atoms with van der Waals surface area (Å²) in [7, 11) is 1.72. The fourth-order valence-corrected chi connectivity index (χ4v) is 5.30. The Morgan fingerprint density at radius 3 is 2.62 bits per heavy atom. The van der Waals surface area contributed by atoms with Crippen LogP contribution >= 0.6 is 0 Å². The number of hydrogen-bond donors (Lipinski definition) is 1. The van der Waals surface area contributed by atoms with Crippen LogP contribution in [-0.4, -0.2) is 67.3 Å². The molecule has 1 aromatic heterocycles. The van der Waals surface area contributed by atoms with Crippen LogP contribution in [-0.2, 0) is 15.7 Å². The summed E-state index contributed by atoms with van der Waals surface area (Å²) >= 11 is 0. The van der Waals surface area contributed by atoms with Crippen LogP contribution in [0.2, 0.25) is 0 Å². The second-order valence-corrected chi connectivity index (χ2v) is 9.63. The van der Waals surface area contributed by atoms with Crippen molar-refractivity contribution in [3.63, 3.8) is 0 Å². The highest BCUT2D eigenvalue weighted by Gasteiger charge is 2.35. The van der Waals surface area contributed by atoms with Gasteiger partial charge in [-0.1, -0.05) is 6.92 Å². The largest absolute Gasteiger partial charge is 0.418 e. The summed E-state index contributed by atoms with van der Waals surface area (Å²) in [5, 5.41) is 3.68. The summed E-state index contributed by atoms with van der Waals surface area (Å²) in [4.78, 5) is 21.4. The SMILES string of the molecule is COC1CCN(C(C)C(=O)N[C@@H]2C[C@H](C)CN(c3ccc(C(F)(F)F)c4ncccc34)C2)CC1. The van der Waals surface area contributed by atoms with Crippen LogP contribution in [0.25, 0.3) is 10.9 Å². The molecule has 1 N–H and O–H groups in total. The summed E-state index contributed by atoms with van der Waals surface area (Å²) in [6, 6.07) is 5.68. The van der Waals surface area contributed by atoms with Crippen LogP contribution in [0.4, 0.5) is 18.9 Å². The predicted octanol–water partition coefficient (Wildman–Crippen LogP) is 4.08. The van der Waals surface area contributed by atoms with Crippen molar-refractivity contribution in [2.45, 2.75) is 57.5 Å². The Labute approximate surface area is 198 Å². The minimum atomic E-state index is -4.47. The number of methoxy groups -OCH3 is 1. The highest BCUT2D eigenvalue weighted by molar-refractivity contribution is 5.94. The fraction of sp³-hybridized carbons (Fsp3) is 0.600. The Morgan fingerprint density at radius 2 is 1.94 bits per heavy atom. The Morgan fingerprint density at radius 1 is 1.21 bits per heavy atom. The molecule has 0 radical (unpaired) electrons. The minimum absolute atomic E-state index is 0.00568. The number of ether oxygens (including phenoxy) is 1. The number of aromatic nitrogens is 1. The maximum absolute atomic E-state index is 13.5. The van der Waals surface area contributed by atoms with Gasteiger partial charge in [-0.15, -0.1) is 0 Å². The average molecular weight is 479 g/mol. The number of rotatable bonds is 5. The van der Waals surface area contributed by atoms with E-state index in [2.05, 4.69) is 27.0 Å². The zero-order valence-corrected chi connectivity index (χ0v) is 19.9. The van der Waals surface area contributed by atoms with E-state index in [1.165, 1.54) is 12.3 Å². The Hall–Kier alpha value is -2.39. The summed E-state index contributed by atoms with van der Waals surface area (Å²) < 4.78 is 46.0. The van der Waals surface area contributed by atoms with E-state index in [1.807, 2.05) is 6.92 Å². The molecule has 2 aromatic rings. The van der Waals surface area contributed by atoms with Gasteiger partial charge in [0.15, 0.2) is 0 Å². The Kier molecular flexibility index (Phi) is 7.33. The molecule has 2 aliphatic rings. The molecule has 4 rings (SSSR count). The van der Waals surface area contributed by atoms with E-state index >= 15 is 0 Å². The number of benzene rings is 1. The van der Waals surface area contributed by atoms with Crippen molar-refractivity contribution >= 4 is 22.5 Å². The molecule has 2 aliphatic heterocycles. The minimum Gasteiger partial charge on any atom is -0.381 e. The molecule has 9 heteroatoms. The van der Waals surface area contributed by atoms with Gasteiger partial charge in [0.05, 0.1) is 23.2 Å². The molecule has 6 nitrogen and oxygen atoms in total. The number of amides is 1. The number of halogens is 3. The summed E-state index contributed by atoms with van der Waals surface area (Å²) in [5.41, 5.74) is -0.0520. The number of likely N-dealkylation sites (tertiary alicyclic amines) is 1. The van der Waals surface area contributed by atoms with Crippen LogP contribution < -0.4 is 10.2 Å². The van der Waals surface area contributed by atoms with Crippen LogP contribution in [0.3, 0.4) is 0 Å². The van der Waals surface area contributed by atoms with Crippen molar-refractivity contribution in [3.05, 3.63) is 36.0 Å². The number of pyridine rings is 1. The first kappa shape index (κ1) is 24.7. The topological polar surface area (TPSA) is 57.7 Å². The van der Waals surface area contributed by atoms with Gasteiger partial charge in [0, 0.05) is 56.6 Å². The molecule has 186 valence electrons. The van der Waals surface area contributed by atoms with E-state index in [9.17, 15) is 18.0 Å². The molecule has 0 saturated carbocycles. The predicted molar refractivity (Wildman–Crippen MR) is 126 cm³/mol. The monoisotopic (exact) mass is 478 g/mol. The lowest BCUT2D eigenvalue weighted by Crippen LogP contribution is -2.55. The highest BCUT2D eigenvalue weighted by atomic mass is 19.4. The molecule has 2 fully saturated rings. The molecule has 1 aromatic carbocycles. The lowest BCUT2D eigenvalue weighted by molar-refractivity contribution is -0.136. The van der Waals surface area contributed by atoms with E-state index in [0.29, 0.717) is 18.5 Å². The summed E-state index contributed by atoms with van der Waals surface area (Å²) in [5.74, 6) is 0.273. The third-order valence-electron chi connectivity index (χ3n) is 7.14. The number of anilines is 1. The van der Waals surface area contributed by atoms with Crippen LogP contribution in [0.1, 0.15) is 38.7 Å². The molecule has 1 unspecified atom stereocenters. The zero-order chi connectivity index (χ0) is 24.5. The molecule has 3 atom stereocenters. The van der Waals surface area contributed by atoms with Gasteiger partial charge < -0.3 is 15.0 Å². The second kappa shape index (κ2) is 10.1. The number of fused-ring (bicyclic) bond motifs is 1. The van der Waals surface area contributed by atoms with Gasteiger partial charge in [0.2, 0.25) is 5.91 Å². The maximum Gasteiger partial charge on any atom is 0.418 e. The summed E-state index contributed by atoms with van der Waals surface area (Å²) in [6.45, 7) is 6.94. The van der Waals surface area contributed by atoms with Crippen LogP contribution in [0.15, 0.2) is 30.5 Å². The lowest BCUT2D eigenvalue weighted by Gasteiger charge is -2.40. The molecule has 1 amide bonds. The Bertz CT molecular complexity index is 1010. The first-order valence-corrected chi connectivity index (χ1v) is 11.9. The number of nitrogens with one attached hydrogen (secondary N) is 1. The van der Waals surface area contributed by atoms with Gasteiger partial charge in [-0.05, 0) is 56.4 Å². The van der Waals surface area contributed by atoms with E-state index in [1.54, 1.807) is 19.2 Å². The molecule has 0 aliphatic carbocycles. The summed E-state index contributed by atoms with van der Waals surface area (Å²) in [6.07, 6.45) is -0.163. The van der Waals surface area contributed by atoms with Gasteiger partial charge in [0.25, 0.3) is 0 Å². The quantitative estimate of drug-likeness (QED) is 0.702.